The number of carbonyl (C=O) groups is 1. The highest BCUT2D eigenvalue weighted by Crippen LogP contribution is 2.48. The van der Waals surface area contributed by atoms with Crippen LogP contribution in [-0.4, -0.2) is 19.0 Å². The number of carbonyl (C=O) groups excluding carboxylic acids is 1. The van der Waals surface area contributed by atoms with Crippen LogP contribution in [0.1, 0.15) is 48.0 Å². The van der Waals surface area contributed by atoms with E-state index in [1.54, 1.807) is 7.11 Å². The molecule has 0 unspecified atom stereocenters. The van der Waals surface area contributed by atoms with Crippen molar-refractivity contribution in [3.63, 3.8) is 0 Å². The van der Waals surface area contributed by atoms with Crippen molar-refractivity contribution in [3.8, 4) is 11.5 Å². The van der Waals surface area contributed by atoms with E-state index in [1.807, 2.05) is 12.1 Å². The standard InChI is InChI=1S/C15H18O3/c1-17-13-6-5-11(10-16)12-9-15(18-14(12)13)7-3-2-4-8-15/h5-6,10H,2-4,7-9H2,1H3. The van der Waals surface area contributed by atoms with Gasteiger partial charge in [0.15, 0.2) is 11.5 Å². The summed E-state index contributed by atoms with van der Waals surface area (Å²) in [4.78, 5) is 11.1. The summed E-state index contributed by atoms with van der Waals surface area (Å²) in [5.41, 5.74) is 1.70. The minimum Gasteiger partial charge on any atom is -0.493 e. The Bertz CT molecular complexity index is 473. The quantitative estimate of drug-likeness (QED) is 0.752. The van der Waals surface area contributed by atoms with Gasteiger partial charge in [-0.25, -0.2) is 0 Å². The highest BCUT2D eigenvalue weighted by molar-refractivity contribution is 5.80. The van der Waals surface area contributed by atoms with Crippen molar-refractivity contribution in [1.82, 2.24) is 0 Å². The van der Waals surface area contributed by atoms with Crippen LogP contribution in [0.4, 0.5) is 0 Å². The van der Waals surface area contributed by atoms with E-state index in [4.69, 9.17) is 9.47 Å². The molecule has 1 aliphatic heterocycles. The average molecular weight is 246 g/mol. The van der Waals surface area contributed by atoms with Gasteiger partial charge in [0.05, 0.1) is 7.11 Å². The first-order chi connectivity index (χ1) is 8.78. The second-order valence-corrected chi connectivity index (χ2v) is 5.31. The molecule has 3 rings (SSSR count). The van der Waals surface area contributed by atoms with Crippen LogP contribution >= 0.6 is 0 Å². The summed E-state index contributed by atoms with van der Waals surface area (Å²) in [5.74, 6) is 1.54. The van der Waals surface area contributed by atoms with Gasteiger partial charge in [-0.2, -0.15) is 0 Å². The van der Waals surface area contributed by atoms with Crippen LogP contribution in [-0.2, 0) is 6.42 Å². The summed E-state index contributed by atoms with van der Waals surface area (Å²) in [6.07, 6.45) is 7.67. The summed E-state index contributed by atoms with van der Waals surface area (Å²) in [7, 11) is 1.64. The molecular formula is C15H18O3. The highest BCUT2D eigenvalue weighted by Gasteiger charge is 2.42. The van der Waals surface area contributed by atoms with Crippen LogP contribution in [0.3, 0.4) is 0 Å². The smallest absolute Gasteiger partial charge is 0.166 e. The topological polar surface area (TPSA) is 35.5 Å². The minimum absolute atomic E-state index is 0.0764. The molecular weight excluding hydrogens is 228 g/mol. The molecule has 1 aromatic carbocycles. The number of hydrogen-bond donors (Lipinski definition) is 0. The third kappa shape index (κ3) is 1.69. The molecule has 1 fully saturated rings. The first-order valence-corrected chi connectivity index (χ1v) is 6.62. The largest absolute Gasteiger partial charge is 0.493 e. The fourth-order valence-electron chi connectivity index (χ4n) is 3.24. The maximum absolute atomic E-state index is 11.1. The lowest BCUT2D eigenvalue weighted by Gasteiger charge is -2.32. The Morgan fingerprint density at radius 1 is 1.28 bits per heavy atom. The average Bonchev–Trinajstić information content (AvgIpc) is 2.77. The second kappa shape index (κ2) is 4.30. The summed E-state index contributed by atoms with van der Waals surface area (Å²) in [6.45, 7) is 0. The third-order valence-electron chi connectivity index (χ3n) is 4.19. The molecule has 2 aliphatic rings. The number of hydrogen-bond acceptors (Lipinski definition) is 3. The predicted octanol–water partition coefficient (Wildman–Crippen LogP) is 3.15. The molecule has 0 N–H and O–H groups in total. The molecule has 1 aliphatic carbocycles. The summed E-state index contributed by atoms with van der Waals surface area (Å²) in [6, 6.07) is 3.65. The Kier molecular flexibility index (Phi) is 2.77. The molecule has 3 nitrogen and oxygen atoms in total. The molecule has 1 aromatic rings. The van der Waals surface area contributed by atoms with Crippen molar-refractivity contribution in [1.29, 1.82) is 0 Å². The van der Waals surface area contributed by atoms with Crippen molar-refractivity contribution >= 4 is 6.29 Å². The van der Waals surface area contributed by atoms with E-state index >= 15 is 0 Å². The fourth-order valence-corrected chi connectivity index (χ4v) is 3.24. The first kappa shape index (κ1) is 11.6. The van der Waals surface area contributed by atoms with E-state index in [0.29, 0.717) is 0 Å². The Morgan fingerprint density at radius 3 is 2.72 bits per heavy atom. The first-order valence-electron chi connectivity index (χ1n) is 6.62. The lowest BCUT2D eigenvalue weighted by atomic mass is 9.81. The molecule has 1 spiro atoms. The van der Waals surface area contributed by atoms with Gasteiger partial charge in [-0.1, -0.05) is 6.42 Å². The van der Waals surface area contributed by atoms with Gasteiger partial charge in [-0.15, -0.1) is 0 Å². The maximum Gasteiger partial charge on any atom is 0.166 e. The van der Waals surface area contributed by atoms with Gasteiger partial charge in [0.25, 0.3) is 0 Å². The van der Waals surface area contributed by atoms with Gasteiger partial charge >= 0.3 is 0 Å². The number of fused-ring (bicyclic) bond motifs is 1. The van der Waals surface area contributed by atoms with Crippen LogP contribution in [0.15, 0.2) is 12.1 Å². The highest BCUT2D eigenvalue weighted by atomic mass is 16.5. The summed E-state index contributed by atoms with van der Waals surface area (Å²) in [5, 5.41) is 0. The zero-order chi connectivity index (χ0) is 12.6. The second-order valence-electron chi connectivity index (χ2n) is 5.31. The van der Waals surface area contributed by atoms with E-state index in [2.05, 4.69) is 0 Å². The Morgan fingerprint density at radius 2 is 2.06 bits per heavy atom. The zero-order valence-electron chi connectivity index (χ0n) is 10.7. The predicted molar refractivity (Wildman–Crippen MR) is 68.5 cm³/mol. The van der Waals surface area contributed by atoms with E-state index < -0.39 is 0 Å². The van der Waals surface area contributed by atoms with E-state index in [1.165, 1.54) is 19.3 Å². The molecule has 0 aromatic heterocycles. The molecule has 96 valence electrons. The van der Waals surface area contributed by atoms with Gasteiger partial charge in [0, 0.05) is 17.5 Å². The molecule has 0 atom stereocenters. The van der Waals surface area contributed by atoms with Crippen molar-refractivity contribution in [2.24, 2.45) is 0 Å². The van der Waals surface area contributed by atoms with Crippen LogP contribution in [0.2, 0.25) is 0 Å². The summed E-state index contributed by atoms with van der Waals surface area (Å²) < 4.78 is 11.6. The SMILES string of the molecule is COc1ccc(C=O)c2c1OC1(CCCCC1)C2. The number of rotatable bonds is 2. The molecule has 0 amide bonds. The van der Waals surface area contributed by atoms with Crippen LogP contribution in [0.25, 0.3) is 0 Å². The lowest BCUT2D eigenvalue weighted by Crippen LogP contribution is -2.36. The zero-order valence-corrected chi connectivity index (χ0v) is 10.7. The number of methoxy groups -OCH3 is 1. The molecule has 1 saturated carbocycles. The molecule has 0 radical (unpaired) electrons. The Hall–Kier alpha value is -1.51. The van der Waals surface area contributed by atoms with Gasteiger partial charge in [0.2, 0.25) is 0 Å². The Labute approximate surface area is 107 Å². The van der Waals surface area contributed by atoms with E-state index in [0.717, 1.165) is 48.2 Å². The van der Waals surface area contributed by atoms with Crippen LogP contribution in [0.5, 0.6) is 11.5 Å². The van der Waals surface area contributed by atoms with Gasteiger partial charge in [-0.3, -0.25) is 4.79 Å². The molecule has 0 bridgehead atoms. The van der Waals surface area contributed by atoms with Gasteiger partial charge in [0.1, 0.15) is 11.9 Å². The number of aldehydes is 1. The maximum atomic E-state index is 11.1. The molecule has 0 saturated heterocycles. The van der Waals surface area contributed by atoms with Gasteiger partial charge in [-0.05, 0) is 37.8 Å². The van der Waals surface area contributed by atoms with Crippen molar-refractivity contribution in [3.05, 3.63) is 23.3 Å². The number of ether oxygens (including phenoxy) is 2. The van der Waals surface area contributed by atoms with Crippen molar-refractivity contribution in [2.75, 3.05) is 7.11 Å². The van der Waals surface area contributed by atoms with Gasteiger partial charge < -0.3 is 9.47 Å². The normalized spacial score (nSPS) is 20.3. The van der Waals surface area contributed by atoms with E-state index in [-0.39, 0.29) is 5.60 Å². The molecule has 3 heteroatoms. The Balaban J connectivity index is 2.02. The molecule has 18 heavy (non-hydrogen) atoms. The molecule has 1 heterocycles. The monoisotopic (exact) mass is 246 g/mol. The lowest BCUT2D eigenvalue weighted by molar-refractivity contribution is 0.0507. The summed E-state index contributed by atoms with van der Waals surface area (Å²) >= 11 is 0. The fraction of sp³-hybridized carbons (Fsp3) is 0.533. The third-order valence-corrected chi connectivity index (χ3v) is 4.19. The van der Waals surface area contributed by atoms with Crippen LogP contribution in [0, 0.1) is 0 Å². The van der Waals surface area contributed by atoms with Crippen molar-refractivity contribution < 1.29 is 14.3 Å². The van der Waals surface area contributed by atoms with E-state index in [9.17, 15) is 4.79 Å². The van der Waals surface area contributed by atoms with Crippen molar-refractivity contribution in [2.45, 2.75) is 44.1 Å². The minimum atomic E-state index is -0.0764. The van der Waals surface area contributed by atoms with Crippen LogP contribution < -0.4 is 9.47 Å². The number of benzene rings is 1.